The van der Waals surface area contributed by atoms with Crippen LogP contribution in [-0.4, -0.2) is 51.5 Å². The first-order chi connectivity index (χ1) is 14.9. The molecule has 1 aliphatic rings. The lowest BCUT2D eigenvalue weighted by Gasteiger charge is -2.26. The van der Waals surface area contributed by atoms with E-state index in [1.54, 1.807) is 24.3 Å². The fourth-order valence-corrected chi connectivity index (χ4v) is 3.54. The second kappa shape index (κ2) is 8.87. The van der Waals surface area contributed by atoms with Gasteiger partial charge in [0.2, 0.25) is 5.69 Å². The van der Waals surface area contributed by atoms with Gasteiger partial charge in [-0.05, 0) is 30.7 Å². The molecule has 1 aromatic heterocycles. The highest BCUT2D eigenvalue weighted by Crippen LogP contribution is 2.13. The molecule has 4 rings (SSSR count). The minimum Gasteiger partial charge on any atom is -0.378 e. The second-order valence-electron chi connectivity index (χ2n) is 7.30. The molecule has 0 radical (unpaired) electrons. The minimum atomic E-state index is -0.722. The number of halogens is 1. The van der Waals surface area contributed by atoms with E-state index in [0.717, 1.165) is 20.4 Å². The molecule has 0 unspecified atom stereocenters. The highest BCUT2D eigenvalue weighted by molar-refractivity contribution is 6.30. The molecule has 0 atom stereocenters. The molecule has 2 heterocycles. The molecule has 0 saturated carbocycles. The summed E-state index contributed by atoms with van der Waals surface area (Å²) in [6.45, 7) is 3.45. The van der Waals surface area contributed by atoms with Crippen molar-refractivity contribution in [2.75, 3.05) is 26.3 Å². The van der Waals surface area contributed by atoms with Crippen LogP contribution in [0.25, 0.3) is 5.69 Å². The summed E-state index contributed by atoms with van der Waals surface area (Å²) in [5.41, 5.74) is 0.509. The molecule has 9 heteroatoms. The lowest BCUT2D eigenvalue weighted by Crippen LogP contribution is -2.48. The molecule has 2 aromatic carbocycles. The number of morpholine rings is 1. The van der Waals surface area contributed by atoms with Crippen molar-refractivity contribution >= 4 is 17.5 Å². The van der Waals surface area contributed by atoms with Crippen LogP contribution in [0.3, 0.4) is 0 Å². The number of hydrogen-bond acceptors (Lipinski definition) is 5. The van der Waals surface area contributed by atoms with E-state index < -0.39 is 17.2 Å². The largest absolute Gasteiger partial charge is 0.378 e. The molecule has 0 N–H and O–H groups in total. The van der Waals surface area contributed by atoms with Crippen molar-refractivity contribution < 1.29 is 9.53 Å². The number of aryl methyl sites for hydroxylation is 1. The van der Waals surface area contributed by atoms with E-state index in [4.69, 9.17) is 16.3 Å². The molecule has 8 nitrogen and oxygen atoms in total. The van der Waals surface area contributed by atoms with E-state index in [0.29, 0.717) is 37.0 Å². The summed E-state index contributed by atoms with van der Waals surface area (Å²) in [6.07, 6.45) is 0. The third-order valence-corrected chi connectivity index (χ3v) is 5.31. The Kier molecular flexibility index (Phi) is 6.01. The van der Waals surface area contributed by atoms with Crippen LogP contribution in [0.15, 0.2) is 58.1 Å². The van der Waals surface area contributed by atoms with Gasteiger partial charge in [-0.15, -0.1) is 0 Å². The molecule has 31 heavy (non-hydrogen) atoms. The molecular formula is C22H21ClN4O4. The molecule has 3 aromatic rings. The van der Waals surface area contributed by atoms with Gasteiger partial charge in [0.25, 0.3) is 11.5 Å². The van der Waals surface area contributed by atoms with Gasteiger partial charge in [-0.25, -0.2) is 4.79 Å². The zero-order chi connectivity index (χ0) is 22.0. The predicted molar refractivity (Wildman–Crippen MR) is 116 cm³/mol. The predicted octanol–water partition coefficient (Wildman–Crippen LogP) is 1.88. The average Bonchev–Trinajstić information content (AvgIpc) is 2.78. The molecule has 1 saturated heterocycles. The van der Waals surface area contributed by atoms with Crippen molar-refractivity contribution in [2.45, 2.75) is 13.5 Å². The van der Waals surface area contributed by atoms with Gasteiger partial charge in [0.15, 0.2) is 0 Å². The van der Waals surface area contributed by atoms with Gasteiger partial charge in [-0.3, -0.25) is 14.2 Å². The zero-order valence-corrected chi connectivity index (χ0v) is 17.7. The van der Waals surface area contributed by atoms with Crippen LogP contribution in [0, 0.1) is 6.92 Å². The van der Waals surface area contributed by atoms with Crippen molar-refractivity contribution in [3.8, 4) is 5.69 Å². The first kappa shape index (κ1) is 21.0. The zero-order valence-electron chi connectivity index (χ0n) is 17.0. The quantitative estimate of drug-likeness (QED) is 0.618. The van der Waals surface area contributed by atoms with Crippen molar-refractivity contribution in [1.29, 1.82) is 0 Å². The topological polar surface area (TPSA) is 86.4 Å². The second-order valence-corrected chi connectivity index (χ2v) is 7.74. The Balaban J connectivity index is 1.87. The Hall–Kier alpha value is -3.23. The smallest absolute Gasteiger partial charge is 0.352 e. The van der Waals surface area contributed by atoms with Crippen LogP contribution in [0.1, 0.15) is 21.6 Å². The van der Waals surface area contributed by atoms with Crippen LogP contribution < -0.4 is 11.2 Å². The van der Waals surface area contributed by atoms with E-state index in [2.05, 4.69) is 5.10 Å². The number of amides is 1. The Morgan fingerprint density at radius 3 is 2.48 bits per heavy atom. The molecule has 160 valence electrons. The van der Waals surface area contributed by atoms with Crippen LogP contribution >= 0.6 is 11.6 Å². The van der Waals surface area contributed by atoms with E-state index in [9.17, 15) is 14.4 Å². The third kappa shape index (κ3) is 4.45. The molecule has 1 fully saturated rings. The summed E-state index contributed by atoms with van der Waals surface area (Å²) < 4.78 is 7.37. The number of rotatable bonds is 4. The van der Waals surface area contributed by atoms with E-state index in [1.807, 2.05) is 31.2 Å². The number of aromatic nitrogens is 3. The fraction of sp³-hybridized carbons (Fsp3) is 0.273. The first-order valence-corrected chi connectivity index (χ1v) is 10.2. The standard InChI is InChI=1S/C22H21ClN4O4/c1-15-5-7-16(8-6-15)14-26-21(29)19(20(28)25-9-11-31-12-10-25)24-27(22(26)30)18-4-2-3-17(23)13-18/h2-8,13H,9-12,14H2,1H3. The van der Waals surface area contributed by atoms with Crippen molar-refractivity contribution in [3.05, 3.63) is 91.2 Å². The SMILES string of the molecule is Cc1ccc(Cn2c(=O)c(C(=O)N3CCOCC3)nn(-c3cccc(Cl)c3)c2=O)cc1. The summed E-state index contributed by atoms with van der Waals surface area (Å²) >= 11 is 6.09. The normalized spacial score (nSPS) is 13.9. The van der Waals surface area contributed by atoms with Gasteiger partial charge in [0, 0.05) is 18.1 Å². The molecule has 0 spiro atoms. The van der Waals surface area contributed by atoms with Gasteiger partial charge in [-0.2, -0.15) is 9.78 Å². The maximum atomic E-state index is 13.2. The van der Waals surface area contributed by atoms with Crippen LogP contribution in [0.2, 0.25) is 5.02 Å². The van der Waals surface area contributed by atoms with Gasteiger partial charge >= 0.3 is 5.69 Å². The first-order valence-electron chi connectivity index (χ1n) is 9.87. The third-order valence-electron chi connectivity index (χ3n) is 5.07. The van der Waals surface area contributed by atoms with Gasteiger partial charge in [0.1, 0.15) is 0 Å². The van der Waals surface area contributed by atoms with Gasteiger partial charge in [-0.1, -0.05) is 47.5 Å². The Labute approximate surface area is 183 Å². The maximum absolute atomic E-state index is 13.2. The van der Waals surface area contributed by atoms with E-state index in [1.165, 1.54) is 4.90 Å². The van der Waals surface area contributed by atoms with Gasteiger partial charge < -0.3 is 9.64 Å². The number of hydrogen-bond donors (Lipinski definition) is 0. The molecule has 0 bridgehead atoms. The molecule has 1 amide bonds. The summed E-state index contributed by atoms with van der Waals surface area (Å²) in [4.78, 5) is 41.0. The summed E-state index contributed by atoms with van der Waals surface area (Å²) in [5.74, 6) is -0.526. The lowest BCUT2D eigenvalue weighted by atomic mass is 10.1. The van der Waals surface area contributed by atoms with E-state index >= 15 is 0 Å². The summed E-state index contributed by atoms with van der Waals surface area (Å²) in [7, 11) is 0. The summed E-state index contributed by atoms with van der Waals surface area (Å²) in [5, 5.41) is 4.56. The highest BCUT2D eigenvalue weighted by Gasteiger charge is 2.26. The summed E-state index contributed by atoms with van der Waals surface area (Å²) in [6, 6.07) is 14.0. The number of benzene rings is 2. The maximum Gasteiger partial charge on any atom is 0.352 e. The Morgan fingerprint density at radius 1 is 1.10 bits per heavy atom. The lowest BCUT2D eigenvalue weighted by molar-refractivity contribution is 0.0295. The van der Waals surface area contributed by atoms with Crippen molar-refractivity contribution in [1.82, 2.24) is 19.2 Å². The Bertz CT molecular complexity index is 1230. The van der Waals surface area contributed by atoms with Crippen molar-refractivity contribution in [3.63, 3.8) is 0 Å². The number of ether oxygens (including phenoxy) is 1. The molecular weight excluding hydrogens is 420 g/mol. The van der Waals surface area contributed by atoms with Crippen LogP contribution in [0.5, 0.6) is 0 Å². The Morgan fingerprint density at radius 2 is 1.81 bits per heavy atom. The molecule has 0 aliphatic carbocycles. The monoisotopic (exact) mass is 440 g/mol. The van der Waals surface area contributed by atoms with Crippen molar-refractivity contribution in [2.24, 2.45) is 0 Å². The molecule has 1 aliphatic heterocycles. The number of carbonyl (C=O) groups is 1. The van der Waals surface area contributed by atoms with Crippen LogP contribution in [0.4, 0.5) is 0 Å². The number of nitrogens with zero attached hydrogens (tertiary/aromatic N) is 4. The van der Waals surface area contributed by atoms with Gasteiger partial charge in [0.05, 0.1) is 25.4 Å². The minimum absolute atomic E-state index is 0.0183. The number of carbonyl (C=O) groups excluding carboxylic acids is 1. The van der Waals surface area contributed by atoms with E-state index in [-0.39, 0.29) is 12.2 Å². The van der Waals surface area contributed by atoms with Crippen LogP contribution in [-0.2, 0) is 11.3 Å². The fourth-order valence-electron chi connectivity index (χ4n) is 3.36. The highest BCUT2D eigenvalue weighted by atomic mass is 35.5. The average molecular weight is 441 g/mol.